The van der Waals surface area contributed by atoms with E-state index in [1.165, 1.54) is 4.90 Å². The molecular formula is C12H20N2O3. The molecular weight excluding hydrogens is 220 g/mol. The highest BCUT2D eigenvalue weighted by atomic mass is 16.5. The Morgan fingerprint density at radius 3 is 2.65 bits per heavy atom. The van der Waals surface area contributed by atoms with E-state index < -0.39 is 0 Å². The van der Waals surface area contributed by atoms with Crippen LogP contribution in [0.25, 0.3) is 0 Å². The Kier molecular flexibility index (Phi) is 4.54. The Labute approximate surface area is 102 Å². The second kappa shape index (κ2) is 5.70. The summed E-state index contributed by atoms with van der Waals surface area (Å²) in [6, 6.07) is -0.406. The first-order chi connectivity index (χ1) is 8.02. The van der Waals surface area contributed by atoms with E-state index in [2.05, 4.69) is 5.32 Å². The molecule has 17 heavy (non-hydrogen) atoms. The van der Waals surface area contributed by atoms with Gasteiger partial charge in [0, 0.05) is 12.7 Å². The van der Waals surface area contributed by atoms with E-state index in [1.54, 1.807) is 20.9 Å². The fourth-order valence-electron chi connectivity index (χ4n) is 1.91. The molecule has 0 saturated carbocycles. The number of hydrogen-bond acceptors (Lipinski definition) is 3. The van der Waals surface area contributed by atoms with Crippen LogP contribution >= 0.6 is 0 Å². The van der Waals surface area contributed by atoms with E-state index in [1.807, 2.05) is 6.92 Å². The smallest absolute Gasteiger partial charge is 0.337 e. The van der Waals surface area contributed by atoms with Crippen molar-refractivity contribution >= 4 is 12.0 Å². The first-order valence-corrected chi connectivity index (χ1v) is 5.95. The third kappa shape index (κ3) is 2.78. The fraction of sp³-hybridized carbons (Fsp3) is 0.667. The maximum Gasteiger partial charge on any atom is 0.337 e. The molecule has 5 heteroatoms. The van der Waals surface area contributed by atoms with Gasteiger partial charge in [-0.05, 0) is 20.3 Å². The molecule has 1 atom stereocenters. The van der Waals surface area contributed by atoms with Gasteiger partial charge in [-0.3, -0.25) is 0 Å². The molecule has 0 aromatic heterocycles. The Bertz CT molecular complexity index is 350. The van der Waals surface area contributed by atoms with Gasteiger partial charge in [0.25, 0.3) is 0 Å². The molecule has 1 heterocycles. The predicted octanol–water partition coefficient (Wildman–Crippen LogP) is 1.65. The molecule has 0 aromatic carbocycles. The van der Waals surface area contributed by atoms with Crippen molar-refractivity contribution in [3.8, 4) is 0 Å². The van der Waals surface area contributed by atoms with Crippen LogP contribution in [0.3, 0.4) is 0 Å². The van der Waals surface area contributed by atoms with Crippen LogP contribution in [0.1, 0.15) is 33.6 Å². The van der Waals surface area contributed by atoms with Gasteiger partial charge in [-0.25, -0.2) is 9.59 Å². The van der Waals surface area contributed by atoms with E-state index in [4.69, 9.17) is 4.74 Å². The molecule has 0 radical (unpaired) electrons. The zero-order chi connectivity index (χ0) is 13.0. The molecule has 0 fully saturated rings. The highest BCUT2D eigenvalue weighted by Gasteiger charge is 2.33. The molecule has 0 saturated heterocycles. The fourth-order valence-corrected chi connectivity index (χ4v) is 1.91. The van der Waals surface area contributed by atoms with Gasteiger partial charge in [-0.15, -0.1) is 0 Å². The van der Waals surface area contributed by atoms with Crippen molar-refractivity contribution in [2.45, 2.75) is 39.7 Å². The van der Waals surface area contributed by atoms with Crippen LogP contribution < -0.4 is 5.32 Å². The second-order valence-electron chi connectivity index (χ2n) is 4.07. The predicted molar refractivity (Wildman–Crippen MR) is 64.3 cm³/mol. The van der Waals surface area contributed by atoms with Gasteiger partial charge in [0.1, 0.15) is 0 Å². The third-order valence-corrected chi connectivity index (χ3v) is 2.92. The average Bonchev–Trinajstić information content (AvgIpc) is 2.27. The Morgan fingerprint density at radius 1 is 1.47 bits per heavy atom. The van der Waals surface area contributed by atoms with Crippen molar-refractivity contribution < 1.29 is 14.3 Å². The second-order valence-corrected chi connectivity index (χ2v) is 4.07. The quantitative estimate of drug-likeness (QED) is 0.760. The lowest BCUT2D eigenvalue weighted by molar-refractivity contribution is -0.139. The number of nitrogens with one attached hydrogen (secondary N) is 1. The van der Waals surface area contributed by atoms with Crippen LogP contribution in [-0.2, 0) is 9.53 Å². The minimum atomic E-state index is -0.338. The standard InChI is InChI=1S/C12H20N2O3/c1-5-7-9-10(11(15)17-6-2)8(3)14(4)12(16)13-9/h9H,5-7H2,1-4H3,(H,13,16)/t9-/m1/s1. The van der Waals surface area contributed by atoms with Crippen molar-refractivity contribution in [2.24, 2.45) is 0 Å². The van der Waals surface area contributed by atoms with Crippen molar-refractivity contribution in [3.63, 3.8) is 0 Å². The SMILES string of the molecule is CCC[C@H]1NC(=O)N(C)C(C)=C1C(=O)OCC. The number of esters is 1. The number of nitrogens with zero attached hydrogens (tertiary/aromatic N) is 1. The first-order valence-electron chi connectivity index (χ1n) is 5.95. The molecule has 5 nitrogen and oxygen atoms in total. The van der Waals surface area contributed by atoms with Crippen LogP contribution in [0.15, 0.2) is 11.3 Å². The molecule has 1 aliphatic rings. The van der Waals surface area contributed by atoms with Crippen molar-refractivity contribution in [1.29, 1.82) is 0 Å². The topological polar surface area (TPSA) is 58.6 Å². The number of rotatable bonds is 4. The normalized spacial score (nSPS) is 20.4. The van der Waals surface area contributed by atoms with Gasteiger partial charge in [0.05, 0.1) is 18.2 Å². The number of carbonyl (C=O) groups is 2. The zero-order valence-corrected chi connectivity index (χ0v) is 10.9. The molecule has 1 aliphatic heterocycles. The Morgan fingerprint density at radius 2 is 2.12 bits per heavy atom. The number of ether oxygens (including phenoxy) is 1. The molecule has 0 bridgehead atoms. The van der Waals surface area contributed by atoms with Crippen LogP contribution in [0.5, 0.6) is 0 Å². The lowest BCUT2D eigenvalue weighted by atomic mass is 9.98. The molecule has 1 rings (SSSR count). The number of urea groups is 1. The summed E-state index contributed by atoms with van der Waals surface area (Å²) in [6.45, 7) is 5.90. The number of amides is 2. The summed E-state index contributed by atoms with van der Waals surface area (Å²) in [6.07, 6.45) is 1.63. The zero-order valence-electron chi connectivity index (χ0n) is 10.9. The summed E-state index contributed by atoms with van der Waals surface area (Å²) in [7, 11) is 1.64. The van der Waals surface area contributed by atoms with Crippen molar-refractivity contribution in [2.75, 3.05) is 13.7 Å². The highest BCUT2D eigenvalue weighted by molar-refractivity contribution is 5.94. The van der Waals surface area contributed by atoms with Crippen molar-refractivity contribution in [1.82, 2.24) is 10.2 Å². The summed E-state index contributed by atoms with van der Waals surface area (Å²) >= 11 is 0. The molecule has 0 aliphatic carbocycles. The summed E-state index contributed by atoms with van der Waals surface area (Å²) in [5, 5.41) is 2.82. The van der Waals surface area contributed by atoms with Gasteiger partial charge in [-0.1, -0.05) is 13.3 Å². The maximum absolute atomic E-state index is 11.9. The van der Waals surface area contributed by atoms with E-state index in [0.717, 1.165) is 12.8 Å². The number of allylic oxidation sites excluding steroid dienone is 1. The molecule has 0 aromatic rings. The summed E-state index contributed by atoms with van der Waals surface area (Å²) in [5.41, 5.74) is 1.24. The molecule has 0 spiro atoms. The first kappa shape index (κ1) is 13.5. The highest BCUT2D eigenvalue weighted by Crippen LogP contribution is 2.22. The minimum Gasteiger partial charge on any atom is -0.463 e. The van der Waals surface area contributed by atoms with Gasteiger partial charge >= 0.3 is 12.0 Å². The lowest BCUT2D eigenvalue weighted by Gasteiger charge is -2.32. The summed E-state index contributed by atoms with van der Waals surface area (Å²) < 4.78 is 5.04. The average molecular weight is 240 g/mol. The van der Waals surface area contributed by atoms with E-state index in [-0.39, 0.29) is 18.0 Å². The molecule has 0 unspecified atom stereocenters. The van der Waals surface area contributed by atoms with Crippen LogP contribution in [0.4, 0.5) is 4.79 Å². The summed E-state index contributed by atoms with van der Waals surface area (Å²) in [4.78, 5) is 25.0. The van der Waals surface area contributed by atoms with Crippen LogP contribution in [-0.4, -0.2) is 36.6 Å². The Balaban J connectivity index is 3.05. The Hall–Kier alpha value is -1.52. The molecule has 2 amide bonds. The van der Waals surface area contributed by atoms with E-state index >= 15 is 0 Å². The lowest BCUT2D eigenvalue weighted by Crippen LogP contribution is -2.50. The largest absolute Gasteiger partial charge is 0.463 e. The third-order valence-electron chi connectivity index (χ3n) is 2.92. The van der Waals surface area contributed by atoms with Crippen molar-refractivity contribution in [3.05, 3.63) is 11.3 Å². The maximum atomic E-state index is 11.9. The van der Waals surface area contributed by atoms with Crippen LogP contribution in [0.2, 0.25) is 0 Å². The molecule has 96 valence electrons. The monoisotopic (exact) mass is 240 g/mol. The number of carbonyl (C=O) groups excluding carboxylic acids is 2. The van der Waals surface area contributed by atoms with Gasteiger partial charge in [0.15, 0.2) is 0 Å². The van der Waals surface area contributed by atoms with Gasteiger partial charge in [0.2, 0.25) is 0 Å². The van der Waals surface area contributed by atoms with Gasteiger partial charge in [-0.2, -0.15) is 0 Å². The van der Waals surface area contributed by atoms with Crippen LogP contribution in [0, 0.1) is 0 Å². The number of hydrogen-bond donors (Lipinski definition) is 1. The summed E-state index contributed by atoms with van der Waals surface area (Å²) in [5.74, 6) is -0.338. The minimum absolute atomic E-state index is 0.172. The van der Waals surface area contributed by atoms with E-state index in [9.17, 15) is 9.59 Å². The van der Waals surface area contributed by atoms with Gasteiger partial charge < -0.3 is 15.0 Å². The van der Waals surface area contributed by atoms with E-state index in [0.29, 0.717) is 17.9 Å². The molecule has 1 N–H and O–H groups in total.